The first kappa shape index (κ1) is 12.7. The van der Waals surface area contributed by atoms with Crippen molar-refractivity contribution in [1.29, 1.82) is 0 Å². The first-order valence-corrected chi connectivity index (χ1v) is 6.29. The third kappa shape index (κ3) is 2.38. The maximum atomic E-state index is 13.2. The Bertz CT molecular complexity index is 773. The van der Waals surface area contributed by atoms with E-state index in [1.807, 2.05) is 31.2 Å². The van der Waals surface area contributed by atoms with Crippen molar-refractivity contribution < 1.29 is 9.50 Å². The summed E-state index contributed by atoms with van der Waals surface area (Å²) in [6.45, 7) is 1.93. The molecule has 3 aromatic rings. The van der Waals surface area contributed by atoms with Crippen LogP contribution in [-0.4, -0.2) is 15.1 Å². The largest absolute Gasteiger partial charge is 0.384 e. The molecule has 0 radical (unpaired) electrons. The SMILES string of the molecule is Cc1ccc2cc(C(O)c3cncc(F)c3)ccc2n1. The van der Waals surface area contributed by atoms with E-state index >= 15 is 0 Å². The smallest absolute Gasteiger partial charge is 0.141 e. The van der Waals surface area contributed by atoms with Gasteiger partial charge in [-0.05, 0) is 36.8 Å². The fourth-order valence-electron chi connectivity index (χ4n) is 2.19. The summed E-state index contributed by atoms with van der Waals surface area (Å²) in [5, 5.41) is 11.2. The Morgan fingerprint density at radius 3 is 2.70 bits per heavy atom. The number of fused-ring (bicyclic) bond motifs is 1. The van der Waals surface area contributed by atoms with Crippen LogP contribution in [0.5, 0.6) is 0 Å². The molecule has 4 heteroatoms. The summed E-state index contributed by atoms with van der Waals surface area (Å²) in [6, 6.07) is 10.7. The second-order valence-corrected chi connectivity index (χ2v) is 4.74. The molecule has 3 rings (SSSR count). The van der Waals surface area contributed by atoms with Gasteiger partial charge in [-0.25, -0.2) is 4.39 Å². The average Bonchev–Trinajstić information content (AvgIpc) is 2.46. The highest BCUT2D eigenvalue weighted by Crippen LogP contribution is 2.25. The van der Waals surface area contributed by atoms with Gasteiger partial charge in [-0.1, -0.05) is 12.1 Å². The van der Waals surface area contributed by atoms with Crippen molar-refractivity contribution in [2.75, 3.05) is 0 Å². The molecular weight excluding hydrogens is 255 g/mol. The summed E-state index contributed by atoms with van der Waals surface area (Å²) in [5.74, 6) is -0.459. The summed E-state index contributed by atoms with van der Waals surface area (Å²) in [4.78, 5) is 8.17. The van der Waals surface area contributed by atoms with Crippen molar-refractivity contribution in [2.24, 2.45) is 0 Å². The lowest BCUT2D eigenvalue weighted by Gasteiger charge is -2.12. The maximum absolute atomic E-state index is 13.2. The summed E-state index contributed by atoms with van der Waals surface area (Å²) >= 11 is 0. The number of nitrogens with zero attached hydrogens (tertiary/aromatic N) is 2. The topological polar surface area (TPSA) is 46.0 Å². The van der Waals surface area contributed by atoms with Gasteiger partial charge in [-0.2, -0.15) is 0 Å². The predicted molar refractivity (Wildman–Crippen MR) is 74.7 cm³/mol. The maximum Gasteiger partial charge on any atom is 0.141 e. The van der Waals surface area contributed by atoms with Crippen LogP contribution in [0.25, 0.3) is 10.9 Å². The van der Waals surface area contributed by atoms with Crippen LogP contribution in [0.3, 0.4) is 0 Å². The molecule has 1 unspecified atom stereocenters. The normalized spacial score (nSPS) is 12.6. The van der Waals surface area contributed by atoms with Crippen molar-refractivity contribution in [3.63, 3.8) is 0 Å². The summed E-state index contributed by atoms with van der Waals surface area (Å²) < 4.78 is 13.2. The Morgan fingerprint density at radius 2 is 1.90 bits per heavy atom. The number of aryl methyl sites for hydroxylation is 1. The number of benzene rings is 1. The molecule has 0 aliphatic heterocycles. The van der Waals surface area contributed by atoms with Crippen LogP contribution in [0.15, 0.2) is 48.8 Å². The zero-order valence-corrected chi connectivity index (χ0v) is 10.9. The third-order valence-electron chi connectivity index (χ3n) is 3.21. The van der Waals surface area contributed by atoms with Gasteiger partial charge < -0.3 is 5.11 Å². The van der Waals surface area contributed by atoms with Gasteiger partial charge in [-0.3, -0.25) is 9.97 Å². The molecule has 1 atom stereocenters. The second kappa shape index (κ2) is 4.98. The number of hydrogen-bond donors (Lipinski definition) is 1. The fourth-order valence-corrected chi connectivity index (χ4v) is 2.19. The number of hydrogen-bond acceptors (Lipinski definition) is 3. The van der Waals surface area contributed by atoms with Crippen LogP contribution in [0.2, 0.25) is 0 Å². The Labute approximate surface area is 115 Å². The van der Waals surface area contributed by atoms with E-state index in [0.717, 1.165) is 22.8 Å². The molecule has 3 nitrogen and oxygen atoms in total. The van der Waals surface area contributed by atoms with Crippen molar-refractivity contribution in [1.82, 2.24) is 9.97 Å². The second-order valence-electron chi connectivity index (χ2n) is 4.74. The zero-order valence-electron chi connectivity index (χ0n) is 10.9. The minimum Gasteiger partial charge on any atom is -0.384 e. The summed E-state index contributed by atoms with van der Waals surface area (Å²) in [5.41, 5.74) is 2.94. The van der Waals surface area contributed by atoms with Crippen LogP contribution in [0.4, 0.5) is 4.39 Å². The minimum absolute atomic E-state index is 0.435. The van der Waals surface area contributed by atoms with Crippen LogP contribution >= 0.6 is 0 Å². The lowest BCUT2D eigenvalue weighted by Crippen LogP contribution is -2.01. The minimum atomic E-state index is -0.899. The van der Waals surface area contributed by atoms with Crippen molar-refractivity contribution >= 4 is 10.9 Å². The Kier molecular flexibility index (Phi) is 3.16. The highest BCUT2D eigenvalue weighted by molar-refractivity contribution is 5.79. The van der Waals surface area contributed by atoms with Gasteiger partial charge in [0.15, 0.2) is 0 Å². The summed E-state index contributed by atoms with van der Waals surface area (Å²) in [7, 11) is 0. The van der Waals surface area contributed by atoms with Crippen LogP contribution in [0, 0.1) is 12.7 Å². The quantitative estimate of drug-likeness (QED) is 0.776. The average molecular weight is 268 g/mol. The predicted octanol–water partition coefficient (Wildman–Crippen LogP) is 3.16. The molecule has 20 heavy (non-hydrogen) atoms. The number of aliphatic hydroxyl groups excluding tert-OH is 1. The first-order valence-electron chi connectivity index (χ1n) is 6.29. The molecule has 0 fully saturated rings. The van der Waals surface area contributed by atoms with E-state index in [0.29, 0.717) is 11.1 Å². The molecule has 1 aromatic carbocycles. The van der Waals surface area contributed by atoms with Crippen molar-refractivity contribution in [3.8, 4) is 0 Å². The van der Waals surface area contributed by atoms with Gasteiger partial charge in [0.2, 0.25) is 0 Å². The molecule has 2 heterocycles. The number of aromatic nitrogens is 2. The molecule has 0 bridgehead atoms. The van der Waals surface area contributed by atoms with E-state index < -0.39 is 11.9 Å². The highest BCUT2D eigenvalue weighted by atomic mass is 19.1. The van der Waals surface area contributed by atoms with Crippen molar-refractivity contribution in [2.45, 2.75) is 13.0 Å². The number of rotatable bonds is 2. The van der Waals surface area contributed by atoms with Gasteiger partial charge in [0.25, 0.3) is 0 Å². The third-order valence-corrected chi connectivity index (χ3v) is 3.21. The molecule has 1 N–H and O–H groups in total. The first-order chi connectivity index (χ1) is 9.63. The molecule has 0 saturated heterocycles. The lowest BCUT2D eigenvalue weighted by molar-refractivity contribution is 0.219. The number of halogens is 1. The van der Waals surface area contributed by atoms with E-state index in [4.69, 9.17) is 0 Å². The van der Waals surface area contributed by atoms with Crippen LogP contribution < -0.4 is 0 Å². The van der Waals surface area contributed by atoms with Crippen LogP contribution in [0.1, 0.15) is 22.9 Å². The highest BCUT2D eigenvalue weighted by Gasteiger charge is 2.12. The monoisotopic (exact) mass is 268 g/mol. The van der Waals surface area contributed by atoms with E-state index in [9.17, 15) is 9.50 Å². The Balaban J connectivity index is 2.03. The lowest BCUT2D eigenvalue weighted by atomic mass is 10.0. The summed E-state index contributed by atoms with van der Waals surface area (Å²) in [6.07, 6.45) is 1.68. The van der Waals surface area contributed by atoms with E-state index in [2.05, 4.69) is 9.97 Å². The van der Waals surface area contributed by atoms with Crippen molar-refractivity contribution in [3.05, 3.63) is 71.4 Å². The van der Waals surface area contributed by atoms with E-state index in [1.54, 1.807) is 6.07 Å². The van der Waals surface area contributed by atoms with Crippen LogP contribution in [-0.2, 0) is 0 Å². The van der Waals surface area contributed by atoms with Gasteiger partial charge in [0, 0.05) is 22.8 Å². The van der Waals surface area contributed by atoms with Gasteiger partial charge in [0.05, 0.1) is 11.7 Å². The molecular formula is C16H13FN2O. The van der Waals surface area contributed by atoms with Gasteiger partial charge in [-0.15, -0.1) is 0 Å². The molecule has 2 aromatic heterocycles. The molecule has 100 valence electrons. The van der Waals surface area contributed by atoms with Gasteiger partial charge >= 0.3 is 0 Å². The standard InChI is InChI=1S/C16H13FN2O/c1-10-2-3-11-6-12(4-5-15(11)19-10)16(20)13-7-14(17)9-18-8-13/h2-9,16,20H,1H3. The van der Waals surface area contributed by atoms with E-state index in [-0.39, 0.29) is 0 Å². The number of pyridine rings is 2. The zero-order chi connectivity index (χ0) is 14.1. The molecule has 0 spiro atoms. The van der Waals surface area contributed by atoms with E-state index in [1.165, 1.54) is 12.3 Å². The molecule has 0 saturated carbocycles. The number of aliphatic hydroxyl groups is 1. The Hall–Kier alpha value is -2.33. The Morgan fingerprint density at radius 1 is 1.05 bits per heavy atom. The molecule has 0 amide bonds. The fraction of sp³-hybridized carbons (Fsp3) is 0.125. The van der Waals surface area contributed by atoms with Gasteiger partial charge in [0.1, 0.15) is 11.9 Å². The molecule has 0 aliphatic carbocycles. The molecule has 0 aliphatic rings.